The molecule has 3 nitrogen and oxygen atoms in total. The summed E-state index contributed by atoms with van der Waals surface area (Å²) in [6.45, 7) is 3.16. The number of rotatable bonds is 6. The molecule has 1 aromatic carbocycles. The van der Waals surface area contributed by atoms with Gasteiger partial charge in [0.15, 0.2) is 0 Å². The normalized spacial score (nSPS) is 11.5. The second kappa shape index (κ2) is 5.84. The van der Waals surface area contributed by atoms with Crippen LogP contribution in [0.5, 0.6) is 0 Å². The molecule has 0 aliphatic heterocycles. The van der Waals surface area contributed by atoms with Gasteiger partial charge in [-0.15, -0.1) is 0 Å². The summed E-state index contributed by atoms with van der Waals surface area (Å²) in [4.78, 5) is 5.46. The third kappa shape index (κ3) is 3.58. The molecule has 92 valence electrons. The monoisotopic (exact) mass is 231 g/mol. The fraction of sp³-hybridized carbons (Fsp3) is 0.429. The van der Waals surface area contributed by atoms with Crippen molar-refractivity contribution in [1.29, 1.82) is 0 Å². The van der Waals surface area contributed by atoms with Gasteiger partial charge in [0.05, 0.1) is 0 Å². The Labute approximate surface area is 103 Å². The van der Waals surface area contributed by atoms with E-state index in [4.69, 9.17) is 0 Å². The van der Waals surface area contributed by atoms with Crippen LogP contribution in [0.4, 0.5) is 0 Å². The molecule has 0 radical (unpaired) electrons. The number of nitrogens with zero attached hydrogens (tertiary/aromatic N) is 1. The molecule has 1 heterocycles. The molecular weight excluding hydrogens is 210 g/mol. The van der Waals surface area contributed by atoms with Gasteiger partial charge in [0.1, 0.15) is 0 Å². The maximum Gasteiger partial charge on any atom is 0.0457 e. The van der Waals surface area contributed by atoms with E-state index in [9.17, 15) is 0 Å². The maximum absolute atomic E-state index is 3.47. The van der Waals surface area contributed by atoms with Gasteiger partial charge in [0.25, 0.3) is 0 Å². The van der Waals surface area contributed by atoms with Crippen LogP contribution in [0.15, 0.2) is 30.5 Å². The molecule has 0 saturated carbocycles. The van der Waals surface area contributed by atoms with Gasteiger partial charge in [0, 0.05) is 18.3 Å². The minimum absolute atomic E-state index is 0.947. The molecule has 0 saturated heterocycles. The number of H-pyrrole nitrogens is 1. The van der Waals surface area contributed by atoms with E-state index < -0.39 is 0 Å². The van der Waals surface area contributed by atoms with Crippen LogP contribution in [-0.2, 0) is 6.54 Å². The lowest BCUT2D eigenvalue weighted by Crippen LogP contribution is -2.20. The summed E-state index contributed by atoms with van der Waals surface area (Å²) >= 11 is 0. The van der Waals surface area contributed by atoms with Crippen molar-refractivity contribution in [2.75, 3.05) is 27.2 Å². The van der Waals surface area contributed by atoms with Crippen LogP contribution < -0.4 is 5.32 Å². The van der Waals surface area contributed by atoms with Crippen LogP contribution in [-0.4, -0.2) is 37.1 Å². The molecule has 0 bridgehead atoms. The fourth-order valence-corrected chi connectivity index (χ4v) is 1.96. The molecular formula is C14H21N3. The number of benzene rings is 1. The van der Waals surface area contributed by atoms with E-state index in [2.05, 4.69) is 53.6 Å². The lowest BCUT2D eigenvalue weighted by Gasteiger charge is -2.09. The Morgan fingerprint density at radius 1 is 1.24 bits per heavy atom. The number of aromatic nitrogens is 1. The minimum atomic E-state index is 0.947. The molecule has 0 atom stereocenters. The highest BCUT2D eigenvalue weighted by Crippen LogP contribution is 2.13. The SMILES string of the molecule is CN(C)CCCNCc1ccc2cc[nH]c2c1. The van der Waals surface area contributed by atoms with Crippen molar-refractivity contribution in [3.8, 4) is 0 Å². The Hall–Kier alpha value is -1.32. The van der Waals surface area contributed by atoms with Crippen molar-refractivity contribution >= 4 is 10.9 Å². The average Bonchev–Trinajstić information content (AvgIpc) is 2.75. The predicted octanol–water partition coefficient (Wildman–Crippen LogP) is 2.21. The van der Waals surface area contributed by atoms with Crippen LogP contribution in [0, 0.1) is 0 Å². The number of hydrogen-bond donors (Lipinski definition) is 2. The molecule has 0 fully saturated rings. The van der Waals surface area contributed by atoms with E-state index in [-0.39, 0.29) is 0 Å². The van der Waals surface area contributed by atoms with Gasteiger partial charge in [-0.1, -0.05) is 12.1 Å². The minimum Gasteiger partial charge on any atom is -0.361 e. The third-order valence-electron chi connectivity index (χ3n) is 2.91. The van der Waals surface area contributed by atoms with E-state index in [1.165, 1.54) is 22.9 Å². The molecule has 0 amide bonds. The van der Waals surface area contributed by atoms with Crippen molar-refractivity contribution in [3.05, 3.63) is 36.0 Å². The summed E-state index contributed by atoms with van der Waals surface area (Å²) in [5.41, 5.74) is 2.56. The van der Waals surface area contributed by atoms with Crippen LogP contribution in [0.2, 0.25) is 0 Å². The standard InChI is InChI=1S/C14H21N3/c1-17(2)9-3-7-15-11-12-4-5-13-6-8-16-14(13)10-12/h4-6,8,10,15-16H,3,7,9,11H2,1-2H3. The highest BCUT2D eigenvalue weighted by molar-refractivity contribution is 5.79. The molecule has 2 aromatic rings. The lowest BCUT2D eigenvalue weighted by molar-refractivity contribution is 0.394. The number of fused-ring (bicyclic) bond motifs is 1. The van der Waals surface area contributed by atoms with Crippen LogP contribution in [0.25, 0.3) is 10.9 Å². The topological polar surface area (TPSA) is 31.1 Å². The largest absolute Gasteiger partial charge is 0.361 e. The highest BCUT2D eigenvalue weighted by atomic mass is 15.0. The first-order valence-corrected chi connectivity index (χ1v) is 6.17. The highest BCUT2D eigenvalue weighted by Gasteiger charge is 1.97. The fourth-order valence-electron chi connectivity index (χ4n) is 1.96. The van der Waals surface area contributed by atoms with Gasteiger partial charge in [-0.05, 0) is 56.7 Å². The van der Waals surface area contributed by atoms with Crippen molar-refractivity contribution in [1.82, 2.24) is 15.2 Å². The quantitative estimate of drug-likeness (QED) is 0.747. The summed E-state index contributed by atoms with van der Waals surface area (Å²) < 4.78 is 0. The van der Waals surface area contributed by atoms with E-state index >= 15 is 0 Å². The predicted molar refractivity (Wildman–Crippen MR) is 73.2 cm³/mol. The first-order chi connectivity index (χ1) is 8.25. The Morgan fingerprint density at radius 3 is 2.94 bits per heavy atom. The van der Waals surface area contributed by atoms with E-state index in [0.717, 1.165) is 19.6 Å². The van der Waals surface area contributed by atoms with Gasteiger partial charge in [0.2, 0.25) is 0 Å². The zero-order valence-corrected chi connectivity index (χ0v) is 10.7. The lowest BCUT2D eigenvalue weighted by atomic mass is 10.1. The van der Waals surface area contributed by atoms with Gasteiger partial charge in [-0.3, -0.25) is 0 Å². The second-order valence-electron chi connectivity index (χ2n) is 4.73. The molecule has 2 N–H and O–H groups in total. The van der Waals surface area contributed by atoms with Crippen LogP contribution >= 0.6 is 0 Å². The zero-order chi connectivity index (χ0) is 12.1. The van der Waals surface area contributed by atoms with Gasteiger partial charge < -0.3 is 15.2 Å². The molecule has 0 aliphatic rings. The summed E-state index contributed by atoms with van der Waals surface area (Å²) in [5, 5.41) is 4.75. The van der Waals surface area contributed by atoms with Gasteiger partial charge >= 0.3 is 0 Å². The average molecular weight is 231 g/mol. The molecule has 3 heteroatoms. The summed E-state index contributed by atoms with van der Waals surface area (Å²) in [5.74, 6) is 0. The summed E-state index contributed by atoms with van der Waals surface area (Å²) in [6, 6.07) is 8.68. The number of hydrogen-bond acceptors (Lipinski definition) is 2. The van der Waals surface area contributed by atoms with Gasteiger partial charge in [-0.25, -0.2) is 0 Å². The second-order valence-corrected chi connectivity index (χ2v) is 4.73. The van der Waals surface area contributed by atoms with Crippen molar-refractivity contribution < 1.29 is 0 Å². The molecule has 0 unspecified atom stereocenters. The molecule has 2 rings (SSSR count). The van der Waals surface area contributed by atoms with Crippen molar-refractivity contribution in [2.24, 2.45) is 0 Å². The zero-order valence-electron chi connectivity index (χ0n) is 10.7. The third-order valence-corrected chi connectivity index (χ3v) is 2.91. The van der Waals surface area contributed by atoms with Crippen LogP contribution in [0.1, 0.15) is 12.0 Å². The number of aromatic amines is 1. The molecule has 0 aliphatic carbocycles. The Bertz CT molecular complexity index is 459. The number of nitrogens with one attached hydrogen (secondary N) is 2. The van der Waals surface area contributed by atoms with Crippen molar-refractivity contribution in [2.45, 2.75) is 13.0 Å². The summed E-state index contributed by atoms with van der Waals surface area (Å²) in [7, 11) is 4.22. The molecule has 0 spiro atoms. The van der Waals surface area contributed by atoms with Gasteiger partial charge in [-0.2, -0.15) is 0 Å². The Kier molecular flexibility index (Phi) is 4.18. The van der Waals surface area contributed by atoms with E-state index in [1.54, 1.807) is 0 Å². The smallest absolute Gasteiger partial charge is 0.0457 e. The molecule has 1 aromatic heterocycles. The van der Waals surface area contributed by atoms with Crippen LogP contribution in [0.3, 0.4) is 0 Å². The molecule has 17 heavy (non-hydrogen) atoms. The van der Waals surface area contributed by atoms with E-state index in [0.29, 0.717) is 0 Å². The first kappa shape index (κ1) is 12.1. The Balaban J connectivity index is 1.78. The van der Waals surface area contributed by atoms with Crippen molar-refractivity contribution in [3.63, 3.8) is 0 Å². The first-order valence-electron chi connectivity index (χ1n) is 6.17. The maximum atomic E-state index is 3.47. The van der Waals surface area contributed by atoms with E-state index in [1.807, 2.05) is 6.20 Å². The summed E-state index contributed by atoms with van der Waals surface area (Å²) in [6.07, 6.45) is 3.18. The Morgan fingerprint density at radius 2 is 2.12 bits per heavy atom.